The molecule has 3 N–H and O–H groups in total. The number of carbonyl (C=O) groups excluding carboxylic acids is 2. The topological polar surface area (TPSA) is 86.6 Å². The second-order valence-electron chi connectivity index (χ2n) is 9.97. The quantitative estimate of drug-likeness (QED) is 0.531. The standard InChI is InChI=1S/C21H33NO4/c1-11-9-20(3,4)17-8-15(23)12(2)14(21(17,5)10-11)7-16(24)13-6-18(25)22-19(13)26/h11,13-17,23-24H,2,6-10H2,1,3-5H3,(H,22,25,26)/t11-,13+,14-,15-,16-,17-,21+/m0/s1. The summed E-state index contributed by atoms with van der Waals surface area (Å²) >= 11 is 0. The number of hydrogen-bond acceptors (Lipinski definition) is 4. The van der Waals surface area contributed by atoms with E-state index in [1.807, 2.05) is 0 Å². The Morgan fingerprint density at radius 2 is 1.92 bits per heavy atom. The third-order valence-corrected chi connectivity index (χ3v) is 7.48. The number of rotatable bonds is 3. The minimum atomic E-state index is -0.897. The molecular formula is C21H33NO4. The molecule has 1 aliphatic heterocycles. The summed E-state index contributed by atoms with van der Waals surface area (Å²) in [6.07, 6.45) is 1.81. The lowest BCUT2D eigenvalue weighted by atomic mass is 9.45. The number of nitrogens with one attached hydrogen (secondary N) is 1. The highest BCUT2D eigenvalue weighted by Gasteiger charge is 2.57. The third kappa shape index (κ3) is 3.13. The van der Waals surface area contributed by atoms with Crippen molar-refractivity contribution >= 4 is 11.8 Å². The van der Waals surface area contributed by atoms with Crippen LogP contribution in [0.5, 0.6) is 0 Å². The molecule has 0 aromatic heterocycles. The van der Waals surface area contributed by atoms with Crippen LogP contribution in [-0.4, -0.2) is 34.2 Å². The number of amides is 2. The second-order valence-corrected chi connectivity index (χ2v) is 9.97. The molecule has 1 heterocycles. The molecule has 0 unspecified atom stereocenters. The van der Waals surface area contributed by atoms with Gasteiger partial charge in [0, 0.05) is 6.42 Å². The highest BCUT2D eigenvalue weighted by atomic mass is 16.3. The average molecular weight is 363 g/mol. The fraction of sp³-hybridized carbons (Fsp3) is 0.810. The van der Waals surface area contributed by atoms with Gasteiger partial charge < -0.3 is 10.2 Å². The smallest absolute Gasteiger partial charge is 0.232 e. The van der Waals surface area contributed by atoms with Crippen molar-refractivity contribution < 1.29 is 19.8 Å². The molecule has 0 bridgehead atoms. The molecule has 3 aliphatic rings. The highest BCUT2D eigenvalue weighted by Crippen LogP contribution is 2.63. The molecule has 1 saturated heterocycles. The van der Waals surface area contributed by atoms with E-state index in [4.69, 9.17) is 0 Å². The van der Waals surface area contributed by atoms with Crippen LogP contribution < -0.4 is 5.32 Å². The van der Waals surface area contributed by atoms with Gasteiger partial charge >= 0.3 is 0 Å². The number of imide groups is 1. The van der Waals surface area contributed by atoms with Crippen LogP contribution in [0.4, 0.5) is 0 Å². The van der Waals surface area contributed by atoms with E-state index in [9.17, 15) is 19.8 Å². The monoisotopic (exact) mass is 363 g/mol. The van der Waals surface area contributed by atoms with Crippen LogP contribution >= 0.6 is 0 Å². The molecule has 2 aliphatic carbocycles. The van der Waals surface area contributed by atoms with E-state index in [0.717, 1.165) is 18.4 Å². The Hall–Kier alpha value is -1.20. The molecule has 2 saturated carbocycles. The van der Waals surface area contributed by atoms with Crippen LogP contribution in [0.1, 0.15) is 59.8 Å². The van der Waals surface area contributed by atoms with Gasteiger partial charge in [-0.3, -0.25) is 14.9 Å². The van der Waals surface area contributed by atoms with Gasteiger partial charge in [-0.1, -0.05) is 34.3 Å². The van der Waals surface area contributed by atoms with Gasteiger partial charge in [-0.25, -0.2) is 0 Å². The zero-order chi connectivity index (χ0) is 19.4. The van der Waals surface area contributed by atoms with E-state index >= 15 is 0 Å². The number of carbonyl (C=O) groups is 2. The van der Waals surface area contributed by atoms with Gasteiger partial charge in [0.15, 0.2) is 0 Å². The zero-order valence-corrected chi connectivity index (χ0v) is 16.4. The summed E-state index contributed by atoms with van der Waals surface area (Å²) in [4.78, 5) is 23.5. The molecule has 26 heavy (non-hydrogen) atoms. The first-order chi connectivity index (χ1) is 12.0. The predicted molar refractivity (Wildman–Crippen MR) is 98.9 cm³/mol. The summed E-state index contributed by atoms with van der Waals surface area (Å²) in [6.45, 7) is 13.3. The molecule has 3 fully saturated rings. The number of aliphatic hydroxyl groups is 2. The number of fused-ring (bicyclic) bond motifs is 1. The molecule has 146 valence electrons. The summed E-state index contributed by atoms with van der Waals surface area (Å²) in [5.74, 6) is -0.558. The molecule has 7 atom stereocenters. The van der Waals surface area contributed by atoms with Crippen molar-refractivity contribution in [3.05, 3.63) is 12.2 Å². The maximum atomic E-state index is 12.0. The number of hydrogen-bond donors (Lipinski definition) is 3. The Labute approximate surface area is 156 Å². The van der Waals surface area contributed by atoms with Crippen LogP contribution in [0.3, 0.4) is 0 Å². The van der Waals surface area contributed by atoms with Crippen molar-refractivity contribution in [2.75, 3.05) is 0 Å². The summed E-state index contributed by atoms with van der Waals surface area (Å²) in [5, 5.41) is 23.7. The Morgan fingerprint density at radius 1 is 1.27 bits per heavy atom. The summed E-state index contributed by atoms with van der Waals surface area (Å²) in [6, 6.07) is 0. The second kappa shape index (κ2) is 6.45. The molecule has 5 nitrogen and oxygen atoms in total. The molecule has 0 aromatic carbocycles. The zero-order valence-electron chi connectivity index (χ0n) is 16.4. The fourth-order valence-corrected chi connectivity index (χ4v) is 6.61. The van der Waals surface area contributed by atoms with Crippen LogP contribution in [0.15, 0.2) is 12.2 Å². The summed E-state index contributed by atoms with van der Waals surface area (Å²) in [5.41, 5.74) is 0.813. The van der Waals surface area contributed by atoms with E-state index in [1.165, 1.54) is 0 Å². The highest BCUT2D eigenvalue weighted by molar-refractivity contribution is 6.03. The van der Waals surface area contributed by atoms with E-state index in [-0.39, 0.29) is 35.0 Å². The minimum absolute atomic E-state index is 0.0454. The summed E-state index contributed by atoms with van der Waals surface area (Å²) < 4.78 is 0. The predicted octanol–water partition coefficient (Wildman–Crippen LogP) is 2.42. The molecule has 0 radical (unpaired) electrons. The van der Waals surface area contributed by atoms with Gasteiger partial charge in [-0.05, 0) is 59.8 Å². The molecule has 5 heteroatoms. The van der Waals surface area contributed by atoms with E-state index in [0.29, 0.717) is 24.7 Å². The Balaban J connectivity index is 1.89. The van der Waals surface area contributed by atoms with E-state index in [1.54, 1.807) is 0 Å². The van der Waals surface area contributed by atoms with Crippen LogP contribution in [0, 0.1) is 34.5 Å². The SMILES string of the molecule is C=C1[C@@H](O)C[C@H]2C(C)(C)C[C@H](C)C[C@]2(C)[C@H]1C[C@H](O)[C@H]1CC(=O)NC1=O. The maximum absolute atomic E-state index is 12.0. The lowest BCUT2D eigenvalue weighted by molar-refractivity contribution is -0.129. The van der Waals surface area contributed by atoms with E-state index in [2.05, 4.69) is 39.6 Å². The summed E-state index contributed by atoms with van der Waals surface area (Å²) in [7, 11) is 0. The Bertz CT molecular complexity index is 628. The molecule has 3 rings (SSSR count). The van der Waals surface area contributed by atoms with E-state index < -0.39 is 18.1 Å². The maximum Gasteiger partial charge on any atom is 0.232 e. The number of aliphatic hydroxyl groups excluding tert-OH is 2. The third-order valence-electron chi connectivity index (χ3n) is 7.48. The lowest BCUT2D eigenvalue weighted by Gasteiger charge is -2.60. The molecular weight excluding hydrogens is 330 g/mol. The first kappa shape index (κ1) is 19.6. The van der Waals surface area contributed by atoms with Gasteiger partial charge in [0.25, 0.3) is 0 Å². The van der Waals surface area contributed by atoms with Crippen molar-refractivity contribution in [3.63, 3.8) is 0 Å². The minimum Gasteiger partial charge on any atom is -0.392 e. The Morgan fingerprint density at radius 3 is 2.50 bits per heavy atom. The molecule has 0 aromatic rings. The van der Waals surface area contributed by atoms with Gasteiger partial charge in [-0.15, -0.1) is 0 Å². The van der Waals surface area contributed by atoms with Crippen molar-refractivity contribution in [2.45, 2.75) is 72.0 Å². The first-order valence-corrected chi connectivity index (χ1v) is 9.84. The van der Waals surface area contributed by atoms with Crippen molar-refractivity contribution in [1.29, 1.82) is 0 Å². The molecule has 2 amide bonds. The van der Waals surface area contributed by atoms with Gasteiger partial charge in [-0.2, -0.15) is 0 Å². The van der Waals surface area contributed by atoms with Crippen LogP contribution in [0.25, 0.3) is 0 Å². The van der Waals surface area contributed by atoms with Crippen molar-refractivity contribution in [2.24, 2.45) is 34.5 Å². The Kier molecular flexibility index (Phi) is 4.85. The lowest BCUT2D eigenvalue weighted by Crippen LogP contribution is -2.55. The normalized spacial score (nSPS) is 43.8. The average Bonchev–Trinajstić information content (AvgIpc) is 2.84. The van der Waals surface area contributed by atoms with Gasteiger partial charge in [0.2, 0.25) is 11.8 Å². The van der Waals surface area contributed by atoms with Crippen molar-refractivity contribution in [3.8, 4) is 0 Å². The first-order valence-electron chi connectivity index (χ1n) is 9.84. The van der Waals surface area contributed by atoms with Gasteiger partial charge in [0.1, 0.15) is 0 Å². The fourth-order valence-electron chi connectivity index (χ4n) is 6.61. The largest absolute Gasteiger partial charge is 0.392 e. The van der Waals surface area contributed by atoms with Gasteiger partial charge in [0.05, 0.1) is 18.1 Å². The molecule has 0 spiro atoms. The van der Waals surface area contributed by atoms with Crippen LogP contribution in [-0.2, 0) is 9.59 Å². The van der Waals surface area contributed by atoms with Crippen molar-refractivity contribution in [1.82, 2.24) is 5.32 Å². The van der Waals surface area contributed by atoms with Crippen LogP contribution in [0.2, 0.25) is 0 Å².